The molecular formula is C16H18N2O3S. The monoisotopic (exact) mass is 318 g/mol. The van der Waals surface area contributed by atoms with E-state index >= 15 is 0 Å². The molecule has 0 aliphatic heterocycles. The van der Waals surface area contributed by atoms with Gasteiger partial charge >= 0.3 is 5.97 Å². The molecule has 1 amide bonds. The molecule has 116 valence electrons. The average Bonchev–Trinajstić information content (AvgIpc) is 2.84. The number of nitrogens with zero attached hydrogens (tertiary/aromatic N) is 1. The number of hydrogen-bond donors (Lipinski definition) is 2. The highest BCUT2D eigenvalue weighted by Crippen LogP contribution is 2.23. The molecule has 5 nitrogen and oxygen atoms in total. The molecule has 0 spiro atoms. The van der Waals surface area contributed by atoms with Crippen LogP contribution in [0.25, 0.3) is 0 Å². The maximum Gasteiger partial charge on any atom is 0.309 e. The Morgan fingerprint density at radius 2 is 1.86 bits per heavy atom. The Balaban J connectivity index is 2.06. The predicted octanol–water partition coefficient (Wildman–Crippen LogP) is 3.32. The van der Waals surface area contributed by atoms with Gasteiger partial charge in [0.1, 0.15) is 0 Å². The lowest BCUT2D eigenvalue weighted by Gasteiger charge is -2.18. The van der Waals surface area contributed by atoms with Gasteiger partial charge in [0.2, 0.25) is 0 Å². The molecule has 2 aromatic rings. The number of rotatable bonds is 4. The Kier molecular flexibility index (Phi) is 4.61. The van der Waals surface area contributed by atoms with Gasteiger partial charge in [0, 0.05) is 10.9 Å². The van der Waals surface area contributed by atoms with Crippen LogP contribution in [0.5, 0.6) is 0 Å². The predicted molar refractivity (Wildman–Crippen MR) is 86.5 cm³/mol. The molecule has 0 radical (unpaired) electrons. The zero-order valence-electron chi connectivity index (χ0n) is 12.7. The first-order valence-corrected chi connectivity index (χ1v) is 7.72. The third-order valence-corrected chi connectivity index (χ3v) is 3.92. The maximum atomic E-state index is 12.1. The van der Waals surface area contributed by atoms with Crippen LogP contribution >= 0.6 is 11.3 Å². The topological polar surface area (TPSA) is 79.3 Å². The highest BCUT2D eigenvalue weighted by Gasteiger charge is 2.15. The maximum absolute atomic E-state index is 12.1. The number of carboxylic acid groups (broad SMARTS) is 1. The van der Waals surface area contributed by atoms with Crippen molar-refractivity contribution in [3.8, 4) is 0 Å². The van der Waals surface area contributed by atoms with Crippen LogP contribution in [0.15, 0.2) is 29.6 Å². The molecule has 0 unspecified atom stereocenters. The summed E-state index contributed by atoms with van der Waals surface area (Å²) in [6, 6.07) is 7.43. The SMILES string of the molecule is CC(C)(C)c1ccc(C(=O)Nc2nc(CC(=O)O)cs2)cc1. The van der Waals surface area contributed by atoms with Crippen molar-refractivity contribution >= 4 is 28.3 Å². The van der Waals surface area contributed by atoms with Gasteiger partial charge in [-0.15, -0.1) is 11.3 Å². The lowest BCUT2D eigenvalue weighted by molar-refractivity contribution is -0.136. The summed E-state index contributed by atoms with van der Waals surface area (Å²) in [6.45, 7) is 6.34. The van der Waals surface area contributed by atoms with Crippen LogP contribution in [0.2, 0.25) is 0 Å². The summed E-state index contributed by atoms with van der Waals surface area (Å²) in [7, 11) is 0. The standard InChI is InChI=1S/C16H18N2O3S/c1-16(2,3)11-6-4-10(5-7-11)14(21)18-15-17-12(9-22-15)8-13(19)20/h4-7,9H,8H2,1-3H3,(H,19,20)(H,17,18,21). The Morgan fingerprint density at radius 1 is 1.23 bits per heavy atom. The van der Waals surface area contributed by atoms with E-state index in [0.29, 0.717) is 16.4 Å². The van der Waals surface area contributed by atoms with E-state index in [1.165, 1.54) is 11.3 Å². The number of nitrogens with one attached hydrogen (secondary N) is 1. The number of thiazole rings is 1. The fraction of sp³-hybridized carbons (Fsp3) is 0.312. The van der Waals surface area contributed by atoms with Crippen LogP contribution in [0.3, 0.4) is 0 Å². The smallest absolute Gasteiger partial charge is 0.309 e. The number of carbonyl (C=O) groups excluding carboxylic acids is 1. The molecule has 0 atom stereocenters. The van der Waals surface area contributed by atoms with E-state index in [9.17, 15) is 9.59 Å². The van der Waals surface area contributed by atoms with Gasteiger partial charge in [-0.1, -0.05) is 32.9 Å². The molecule has 6 heteroatoms. The Hall–Kier alpha value is -2.21. The van der Waals surface area contributed by atoms with Crippen molar-refractivity contribution < 1.29 is 14.7 Å². The number of benzene rings is 1. The fourth-order valence-corrected chi connectivity index (χ4v) is 2.60. The quantitative estimate of drug-likeness (QED) is 0.906. The minimum absolute atomic E-state index is 0.0377. The van der Waals surface area contributed by atoms with Crippen LogP contribution in [0, 0.1) is 0 Å². The first-order chi connectivity index (χ1) is 10.3. The fourth-order valence-electron chi connectivity index (χ4n) is 1.89. The highest BCUT2D eigenvalue weighted by atomic mass is 32.1. The molecule has 1 aromatic heterocycles. The van der Waals surface area contributed by atoms with Crippen molar-refractivity contribution in [1.82, 2.24) is 4.98 Å². The van der Waals surface area contributed by atoms with Crippen molar-refractivity contribution in [2.24, 2.45) is 0 Å². The van der Waals surface area contributed by atoms with E-state index < -0.39 is 5.97 Å². The van der Waals surface area contributed by atoms with Crippen molar-refractivity contribution in [2.45, 2.75) is 32.6 Å². The second kappa shape index (κ2) is 6.27. The molecule has 1 aromatic carbocycles. The molecule has 2 rings (SSSR count). The van der Waals surface area contributed by atoms with E-state index in [2.05, 4.69) is 31.1 Å². The second-order valence-electron chi connectivity index (χ2n) is 6.00. The normalized spacial score (nSPS) is 11.2. The number of hydrogen-bond acceptors (Lipinski definition) is 4. The summed E-state index contributed by atoms with van der Waals surface area (Å²) in [5, 5.41) is 13.4. The molecule has 0 aliphatic rings. The van der Waals surface area contributed by atoms with Crippen molar-refractivity contribution in [3.05, 3.63) is 46.5 Å². The van der Waals surface area contributed by atoms with Crippen LogP contribution in [0.4, 0.5) is 5.13 Å². The van der Waals surface area contributed by atoms with Crippen LogP contribution < -0.4 is 5.32 Å². The molecule has 0 fully saturated rings. The van der Waals surface area contributed by atoms with Crippen molar-refractivity contribution in [2.75, 3.05) is 5.32 Å². The van der Waals surface area contributed by atoms with E-state index in [1.807, 2.05) is 12.1 Å². The second-order valence-corrected chi connectivity index (χ2v) is 6.85. The first kappa shape index (κ1) is 16.2. The minimum atomic E-state index is -0.944. The molecular weight excluding hydrogens is 300 g/mol. The summed E-state index contributed by atoms with van der Waals surface area (Å²) in [6.07, 6.45) is -0.146. The lowest BCUT2D eigenvalue weighted by Crippen LogP contribution is -2.14. The Morgan fingerprint density at radius 3 is 2.41 bits per heavy atom. The Bertz CT molecular complexity index is 684. The summed E-state index contributed by atoms with van der Waals surface area (Å²) < 4.78 is 0. The molecule has 1 heterocycles. The third-order valence-electron chi connectivity index (χ3n) is 3.12. The first-order valence-electron chi connectivity index (χ1n) is 6.84. The van der Waals surface area contributed by atoms with E-state index in [1.54, 1.807) is 17.5 Å². The van der Waals surface area contributed by atoms with Gasteiger partial charge in [-0.2, -0.15) is 0 Å². The molecule has 0 saturated carbocycles. The van der Waals surface area contributed by atoms with E-state index in [4.69, 9.17) is 5.11 Å². The molecule has 0 aliphatic carbocycles. The number of aliphatic carboxylic acids is 1. The molecule has 0 bridgehead atoms. The average molecular weight is 318 g/mol. The zero-order chi connectivity index (χ0) is 16.3. The van der Waals surface area contributed by atoms with Gasteiger partial charge in [0.25, 0.3) is 5.91 Å². The molecule has 22 heavy (non-hydrogen) atoms. The van der Waals surface area contributed by atoms with Crippen LogP contribution in [-0.4, -0.2) is 22.0 Å². The van der Waals surface area contributed by atoms with Gasteiger partial charge in [-0.25, -0.2) is 4.98 Å². The van der Waals surface area contributed by atoms with Gasteiger partial charge in [-0.3, -0.25) is 14.9 Å². The summed E-state index contributed by atoms with van der Waals surface area (Å²) in [4.78, 5) is 26.8. The van der Waals surface area contributed by atoms with Crippen molar-refractivity contribution in [3.63, 3.8) is 0 Å². The lowest BCUT2D eigenvalue weighted by atomic mass is 9.87. The number of aromatic nitrogens is 1. The van der Waals surface area contributed by atoms with E-state index in [0.717, 1.165) is 5.56 Å². The third kappa shape index (κ3) is 4.14. The van der Waals surface area contributed by atoms with Gasteiger partial charge in [-0.05, 0) is 23.1 Å². The van der Waals surface area contributed by atoms with E-state index in [-0.39, 0.29) is 17.7 Å². The minimum Gasteiger partial charge on any atom is -0.481 e. The zero-order valence-corrected chi connectivity index (χ0v) is 13.5. The number of carboxylic acids is 1. The number of amides is 1. The van der Waals surface area contributed by atoms with Gasteiger partial charge < -0.3 is 5.11 Å². The van der Waals surface area contributed by atoms with Crippen molar-refractivity contribution in [1.29, 1.82) is 0 Å². The van der Waals surface area contributed by atoms with Crippen LogP contribution in [-0.2, 0) is 16.6 Å². The Labute approximate surface area is 133 Å². The highest BCUT2D eigenvalue weighted by molar-refractivity contribution is 7.14. The van der Waals surface area contributed by atoms with Gasteiger partial charge in [0.05, 0.1) is 12.1 Å². The summed E-state index contributed by atoms with van der Waals surface area (Å²) in [5.41, 5.74) is 2.18. The molecule has 2 N–H and O–H groups in total. The number of carbonyl (C=O) groups is 2. The van der Waals surface area contributed by atoms with Gasteiger partial charge in [0.15, 0.2) is 5.13 Å². The number of anilines is 1. The summed E-state index contributed by atoms with van der Waals surface area (Å²) >= 11 is 1.22. The largest absolute Gasteiger partial charge is 0.481 e. The van der Waals surface area contributed by atoms with Crippen LogP contribution in [0.1, 0.15) is 42.4 Å². The molecule has 0 saturated heterocycles. The summed E-state index contributed by atoms with van der Waals surface area (Å²) in [5.74, 6) is -1.20.